The van der Waals surface area contributed by atoms with Gasteiger partial charge in [-0.05, 0) is 42.5 Å². The Hall–Kier alpha value is -2.82. The second kappa shape index (κ2) is 5.66. The lowest BCUT2D eigenvalue weighted by Crippen LogP contribution is -1.96. The Kier molecular flexibility index (Phi) is 3.55. The highest BCUT2D eigenvalue weighted by molar-refractivity contribution is 5.72. The van der Waals surface area contributed by atoms with Crippen LogP contribution in [0.4, 0.5) is 4.39 Å². The van der Waals surface area contributed by atoms with Crippen LogP contribution in [0.1, 0.15) is 16.3 Å². The number of carbonyl (C=O) groups excluding carboxylic acids is 1. The number of aldehydes is 1. The van der Waals surface area contributed by atoms with Crippen molar-refractivity contribution < 1.29 is 22.8 Å². The molecule has 0 saturated heterocycles. The van der Waals surface area contributed by atoms with E-state index in [0.717, 1.165) is 0 Å². The van der Waals surface area contributed by atoms with Crippen LogP contribution >= 0.6 is 0 Å². The van der Waals surface area contributed by atoms with E-state index in [4.69, 9.17) is 13.6 Å². The smallest absolute Gasteiger partial charge is 0.185 e. The van der Waals surface area contributed by atoms with Crippen molar-refractivity contribution in [3.05, 3.63) is 66.1 Å². The van der Waals surface area contributed by atoms with Gasteiger partial charge >= 0.3 is 0 Å². The molecule has 4 nitrogen and oxygen atoms in total. The molecule has 0 unspecified atom stereocenters. The van der Waals surface area contributed by atoms with Gasteiger partial charge in [0.25, 0.3) is 0 Å². The molecule has 21 heavy (non-hydrogen) atoms. The molecule has 3 aromatic rings. The van der Waals surface area contributed by atoms with Gasteiger partial charge in [-0.25, -0.2) is 4.39 Å². The molecule has 0 aliphatic carbocycles. The van der Waals surface area contributed by atoms with Gasteiger partial charge in [0, 0.05) is 5.56 Å². The zero-order chi connectivity index (χ0) is 14.7. The SMILES string of the molecule is O=Cc1ccc(-c2ccc(OCc3ccco3)c(F)c2)o1. The van der Waals surface area contributed by atoms with Crippen LogP contribution in [-0.4, -0.2) is 6.29 Å². The molecule has 0 atom stereocenters. The van der Waals surface area contributed by atoms with Gasteiger partial charge in [-0.3, -0.25) is 4.79 Å². The zero-order valence-electron chi connectivity index (χ0n) is 10.9. The van der Waals surface area contributed by atoms with E-state index in [1.54, 1.807) is 24.3 Å². The van der Waals surface area contributed by atoms with Crippen LogP contribution in [0.2, 0.25) is 0 Å². The third-order valence-electron chi connectivity index (χ3n) is 2.91. The van der Waals surface area contributed by atoms with Crippen LogP contribution < -0.4 is 4.74 Å². The molecule has 0 N–H and O–H groups in total. The molecule has 0 amide bonds. The Bertz CT molecular complexity index is 743. The Labute approximate surface area is 119 Å². The molecule has 0 aliphatic heterocycles. The van der Waals surface area contributed by atoms with E-state index >= 15 is 0 Å². The van der Waals surface area contributed by atoms with Crippen molar-refractivity contribution in [2.75, 3.05) is 0 Å². The Morgan fingerprint density at radius 3 is 2.76 bits per heavy atom. The first-order valence-electron chi connectivity index (χ1n) is 6.26. The number of rotatable bonds is 5. The lowest BCUT2D eigenvalue weighted by molar-refractivity contribution is 0.110. The number of furan rings is 2. The van der Waals surface area contributed by atoms with Gasteiger partial charge in [0.2, 0.25) is 0 Å². The van der Waals surface area contributed by atoms with Crippen LogP contribution in [0.15, 0.2) is 57.6 Å². The zero-order valence-corrected chi connectivity index (χ0v) is 10.9. The van der Waals surface area contributed by atoms with Crippen molar-refractivity contribution in [3.8, 4) is 17.1 Å². The van der Waals surface area contributed by atoms with E-state index in [1.165, 1.54) is 24.5 Å². The van der Waals surface area contributed by atoms with Crippen LogP contribution in [0, 0.1) is 5.82 Å². The molecular formula is C16H11FO4. The van der Waals surface area contributed by atoms with Gasteiger partial charge in [-0.1, -0.05) is 0 Å². The van der Waals surface area contributed by atoms with E-state index in [2.05, 4.69) is 0 Å². The molecule has 0 aliphatic rings. The Morgan fingerprint density at radius 1 is 1.19 bits per heavy atom. The maximum atomic E-state index is 14.0. The van der Waals surface area contributed by atoms with E-state index in [-0.39, 0.29) is 18.1 Å². The summed E-state index contributed by atoms with van der Waals surface area (Å²) in [5.41, 5.74) is 0.533. The standard InChI is InChI=1S/C16H11FO4/c17-14-8-11(15-6-4-12(9-18)21-15)3-5-16(14)20-10-13-2-1-7-19-13/h1-9H,10H2. The summed E-state index contributed by atoms with van der Waals surface area (Å²) in [6.45, 7) is 0.152. The lowest BCUT2D eigenvalue weighted by Gasteiger charge is -2.06. The predicted molar refractivity (Wildman–Crippen MR) is 72.5 cm³/mol. The quantitative estimate of drug-likeness (QED) is 0.663. The molecule has 2 heterocycles. The summed E-state index contributed by atoms with van der Waals surface area (Å²) in [5.74, 6) is 0.845. The van der Waals surface area contributed by atoms with Crippen LogP contribution in [-0.2, 0) is 6.61 Å². The van der Waals surface area contributed by atoms with Gasteiger partial charge in [0.05, 0.1) is 6.26 Å². The fourth-order valence-corrected chi connectivity index (χ4v) is 1.89. The van der Waals surface area contributed by atoms with Crippen molar-refractivity contribution in [3.63, 3.8) is 0 Å². The van der Waals surface area contributed by atoms with Gasteiger partial charge in [-0.15, -0.1) is 0 Å². The first-order chi connectivity index (χ1) is 10.3. The molecule has 5 heteroatoms. The minimum absolute atomic E-state index is 0.123. The average Bonchev–Trinajstić information content (AvgIpc) is 3.17. The van der Waals surface area contributed by atoms with E-state index in [9.17, 15) is 9.18 Å². The van der Waals surface area contributed by atoms with Crippen LogP contribution in [0.25, 0.3) is 11.3 Å². The highest BCUT2D eigenvalue weighted by Gasteiger charge is 2.10. The number of benzene rings is 1. The fourth-order valence-electron chi connectivity index (χ4n) is 1.89. The molecule has 3 rings (SSSR count). The van der Waals surface area contributed by atoms with Crippen molar-refractivity contribution in [1.82, 2.24) is 0 Å². The summed E-state index contributed by atoms with van der Waals surface area (Å²) in [7, 11) is 0. The summed E-state index contributed by atoms with van der Waals surface area (Å²) in [5, 5.41) is 0. The normalized spacial score (nSPS) is 10.5. The fraction of sp³-hybridized carbons (Fsp3) is 0.0625. The molecule has 0 spiro atoms. The van der Waals surface area contributed by atoms with Crippen molar-refractivity contribution in [2.45, 2.75) is 6.61 Å². The predicted octanol–water partition coefficient (Wildman–Crippen LogP) is 4.07. The number of halogens is 1. The van der Waals surface area contributed by atoms with Gasteiger partial charge in [-0.2, -0.15) is 0 Å². The largest absolute Gasteiger partial charge is 0.483 e. The number of hydrogen-bond acceptors (Lipinski definition) is 4. The molecule has 1 aromatic carbocycles. The molecule has 0 bridgehead atoms. The molecule has 0 saturated carbocycles. The van der Waals surface area contributed by atoms with Crippen LogP contribution in [0.3, 0.4) is 0 Å². The summed E-state index contributed by atoms with van der Waals surface area (Å²) in [6.07, 6.45) is 2.13. The van der Waals surface area contributed by atoms with E-state index < -0.39 is 5.82 Å². The Balaban J connectivity index is 1.77. The highest BCUT2D eigenvalue weighted by Crippen LogP contribution is 2.27. The van der Waals surface area contributed by atoms with Gasteiger partial charge in [0.1, 0.15) is 18.1 Å². The first kappa shape index (κ1) is 13.2. The summed E-state index contributed by atoms with van der Waals surface area (Å²) in [4.78, 5) is 10.6. The summed E-state index contributed by atoms with van der Waals surface area (Å²) >= 11 is 0. The van der Waals surface area contributed by atoms with Crippen LogP contribution in [0.5, 0.6) is 5.75 Å². The third-order valence-corrected chi connectivity index (χ3v) is 2.91. The minimum atomic E-state index is -0.511. The lowest BCUT2D eigenvalue weighted by atomic mass is 10.1. The van der Waals surface area contributed by atoms with Crippen molar-refractivity contribution in [2.24, 2.45) is 0 Å². The number of ether oxygens (including phenoxy) is 1. The first-order valence-corrected chi connectivity index (χ1v) is 6.26. The second-order valence-electron chi connectivity index (χ2n) is 4.33. The molecule has 0 fully saturated rings. The number of carbonyl (C=O) groups is 1. The average molecular weight is 286 g/mol. The highest BCUT2D eigenvalue weighted by atomic mass is 19.1. The Morgan fingerprint density at radius 2 is 2.10 bits per heavy atom. The molecule has 2 aromatic heterocycles. The minimum Gasteiger partial charge on any atom is -0.483 e. The molecule has 106 valence electrons. The topological polar surface area (TPSA) is 52.6 Å². The summed E-state index contributed by atoms with van der Waals surface area (Å²) in [6, 6.07) is 11.1. The molecular weight excluding hydrogens is 275 g/mol. The monoisotopic (exact) mass is 286 g/mol. The molecule has 0 radical (unpaired) electrons. The second-order valence-corrected chi connectivity index (χ2v) is 4.33. The third kappa shape index (κ3) is 2.86. The van der Waals surface area contributed by atoms with Gasteiger partial charge < -0.3 is 13.6 Å². The van der Waals surface area contributed by atoms with Gasteiger partial charge in [0.15, 0.2) is 23.6 Å². The number of hydrogen-bond donors (Lipinski definition) is 0. The maximum absolute atomic E-state index is 14.0. The summed E-state index contributed by atoms with van der Waals surface area (Å²) < 4.78 is 29.7. The van der Waals surface area contributed by atoms with E-state index in [0.29, 0.717) is 23.4 Å². The maximum Gasteiger partial charge on any atom is 0.185 e. The van der Waals surface area contributed by atoms with E-state index in [1.807, 2.05) is 0 Å². The van der Waals surface area contributed by atoms with Crippen molar-refractivity contribution >= 4 is 6.29 Å². The van der Waals surface area contributed by atoms with Crippen molar-refractivity contribution in [1.29, 1.82) is 0 Å².